The predicted octanol–water partition coefficient (Wildman–Crippen LogP) is 5.06. The second-order valence-corrected chi connectivity index (χ2v) is 7.04. The number of amides is 1. The maximum absolute atomic E-state index is 13.1. The van der Waals surface area contributed by atoms with E-state index in [2.05, 4.69) is 10.3 Å². The average Bonchev–Trinajstić information content (AvgIpc) is 3.27. The summed E-state index contributed by atoms with van der Waals surface area (Å²) < 4.78 is 40.3. The minimum atomic E-state index is -4.41. The van der Waals surface area contributed by atoms with Crippen LogP contribution in [0.15, 0.2) is 48.5 Å². The molecule has 0 spiro atoms. The SMILES string of the molecule is O=C(Nc1nc2ccccc2s1)C1CC1c1ccccc1C(F)(F)F. The molecule has 0 saturated heterocycles. The van der Waals surface area contributed by atoms with Gasteiger partial charge in [-0.15, -0.1) is 0 Å². The Hall–Kier alpha value is -2.41. The Kier molecular flexibility index (Phi) is 3.76. The molecule has 2 unspecified atom stereocenters. The molecule has 1 amide bonds. The van der Waals surface area contributed by atoms with Crippen molar-refractivity contribution in [3.8, 4) is 0 Å². The summed E-state index contributed by atoms with van der Waals surface area (Å²) in [5.41, 5.74) is 0.326. The molecule has 1 saturated carbocycles. The molecule has 128 valence electrons. The number of anilines is 1. The number of para-hydroxylation sites is 1. The minimum absolute atomic E-state index is 0.194. The number of benzene rings is 2. The lowest BCUT2D eigenvalue weighted by atomic mass is 10.0. The largest absolute Gasteiger partial charge is 0.416 e. The van der Waals surface area contributed by atoms with Gasteiger partial charge in [0, 0.05) is 5.92 Å². The smallest absolute Gasteiger partial charge is 0.302 e. The number of halogens is 3. The minimum Gasteiger partial charge on any atom is -0.302 e. The molecule has 0 bridgehead atoms. The van der Waals surface area contributed by atoms with Crippen molar-refractivity contribution in [3.63, 3.8) is 0 Å². The maximum atomic E-state index is 13.1. The third-order valence-electron chi connectivity index (χ3n) is 4.32. The molecule has 4 rings (SSSR count). The summed E-state index contributed by atoms with van der Waals surface area (Å²) in [5, 5.41) is 3.21. The zero-order valence-electron chi connectivity index (χ0n) is 12.9. The molecular weight excluding hydrogens is 349 g/mol. The Morgan fingerprint density at radius 3 is 2.60 bits per heavy atom. The highest BCUT2D eigenvalue weighted by Crippen LogP contribution is 2.51. The fourth-order valence-corrected chi connectivity index (χ4v) is 3.90. The zero-order chi connectivity index (χ0) is 17.6. The number of aromatic nitrogens is 1. The van der Waals surface area contributed by atoms with Crippen LogP contribution >= 0.6 is 11.3 Å². The fourth-order valence-electron chi connectivity index (χ4n) is 3.03. The summed E-state index contributed by atoms with van der Waals surface area (Å²) in [6.45, 7) is 0. The lowest BCUT2D eigenvalue weighted by Gasteiger charge is -2.12. The van der Waals surface area contributed by atoms with Crippen LogP contribution in [-0.4, -0.2) is 10.9 Å². The molecule has 1 heterocycles. The summed E-state index contributed by atoms with van der Waals surface area (Å²) in [5.74, 6) is -1.12. The van der Waals surface area contributed by atoms with Crippen molar-refractivity contribution in [1.82, 2.24) is 4.98 Å². The highest BCUT2D eigenvalue weighted by molar-refractivity contribution is 7.22. The lowest BCUT2D eigenvalue weighted by Crippen LogP contribution is -2.15. The van der Waals surface area contributed by atoms with Gasteiger partial charge in [-0.05, 0) is 36.1 Å². The van der Waals surface area contributed by atoms with Crippen LogP contribution in [0.4, 0.5) is 18.3 Å². The average molecular weight is 362 g/mol. The molecular formula is C18H13F3N2OS. The van der Waals surface area contributed by atoms with Crippen molar-refractivity contribution in [2.24, 2.45) is 5.92 Å². The quantitative estimate of drug-likeness (QED) is 0.708. The van der Waals surface area contributed by atoms with Crippen LogP contribution in [0, 0.1) is 5.92 Å². The summed E-state index contributed by atoms with van der Waals surface area (Å²) in [4.78, 5) is 16.7. The number of nitrogens with one attached hydrogen (secondary N) is 1. The number of carbonyl (C=O) groups excluding carboxylic acids is 1. The summed E-state index contributed by atoms with van der Waals surface area (Å²) in [6, 6.07) is 13.0. The highest BCUT2D eigenvalue weighted by atomic mass is 32.1. The summed E-state index contributed by atoms with van der Waals surface area (Å²) >= 11 is 1.35. The number of hydrogen-bond acceptors (Lipinski definition) is 3. The number of hydrogen-bond donors (Lipinski definition) is 1. The molecule has 0 aliphatic heterocycles. The number of carbonyl (C=O) groups is 1. The normalized spacial score (nSPS) is 19.8. The van der Waals surface area contributed by atoms with E-state index in [1.807, 2.05) is 24.3 Å². The van der Waals surface area contributed by atoms with E-state index in [9.17, 15) is 18.0 Å². The molecule has 2 aromatic carbocycles. The van der Waals surface area contributed by atoms with E-state index >= 15 is 0 Å². The van der Waals surface area contributed by atoms with Gasteiger partial charge in [0.1, 0.15) is 0 Å². The Balaban J connectivity index is 1.51. The molecule has 1 N–H and O–H groups in total. The monoisotopic (exact) mass is 362 g/mol. The van der Waals surface area contributed by atoms with Crippen molar-refractivity contribution in [2.45, 2.75) is 18.5 Å². The summed E-state index contributed by atoms with van der Waals surface area (Å²) in [6.07, 6.45) is -3.99. The van der Waals surface area contributed by atoms with E-state index in [1.54, 1.807) is 6.07 Å². The van der Waals surface area contributed by atoms with Crippen LogP contribution < -0.4 is 5.32 Å². The first kappa shape index (κ1) is 16.1. The second-order valence-electron chi connectivity index (χ2n) is 6.01. The topological polar surface area (TPSA) is 42.0 Å². The second kappa shape index (κ2) is 5.84. The van der Waals surface area contributed by atoms with Crippen molar-refractivity contribution in [2.75, 3.05) is 5.32 Å². The first-order valence-corrected chi connectivity index (χ1v) is 8.57. The van der Waals surface area contributed by atoms with E-state index < -0.39 is 23.6 Å². The number of fused-ring (bicyclic) bond motifs is 1. The van der Waals surface area contributed by atoms with Crippen LogP contribution in [0.2, 0.25) is 0 Å². The van der Waals surface area contributed by atoms with Gasteiger partial charge >= 0.3 is 6.18 Å². The molecule has 1 aliphatic rings. The third kappa shape index (κ3) is 3.11. The predicted molar refractivity (Wildman–Crippen MR) is 90.5 cm³/mol. The van der Waals surface area contributed by atoms with Gasteiger partial charge in [-0.2, -0.15) is 13.2 Å². The van der Waals surface area contributed by atoms with Crippen LogP contribution in [0.5, 0.6) is 0 Å². The number of rotatable bonds is 3. The number of nitrogens with zero attached hydrogens (tertiary/aromatic N) is 1. The van der Waals surface area contributed by atoms with Crippen LogP contribution in [-0.2, 0) is 11.0 Å². The zero-order valence-corrected chi connectivity index (χ0v) is 13.7. The third-order valence-corrected chi connectivity index (χ3v) is 5.27. The van der Waals surface area contributed by atoms with Gasteiger partial charge in [-0.3, -0.25) is 4.79 Å². The molecule has 3 nitrogen and oxygen atoms in total. The van der Waals surface area contributed by atoms with Crippen molar-refractivity contribution in [3.05, 3.63) is 59.7 Å². The van der Waals surface area contributed by atoms with Gasteiger partial charge in [0.05, 0.1) is 15.8 Å². The van der Waals surface area contributed by atoms with Gasteiger partial charge in [0.2, 0.25) is 5.91 Å². The molecule has 25 heavy (non-hydrogen) atoms. The lowest BCUT2D eigenvalue weighted by molar-refractivity contribution is -0.138. The maximum Gasteiger partial charge on any atom is 0.416 e. The van der Waals surface area contributed by atoms with E-state index in [1.165, 1.54) is 23.5 Å². The van der Waals surface area contributed by atoms with E-state index in [-0.39, 0.29) is 11.5 Å². The van der Waals surface area contributed by atoms with E-state index in [0.717, 1.165) is 16.3 Å². The molecule has 1 fully saturated rings. The van der Waals surface area contributed by atoms with Crippen molar-refractivity contribution < 1.29 is 18.0 Å². The van der Waals surface area contributed by atoms with Gasteiger partial charge in [-0.25, -0.2) is 4.98 Å². The molecule has 3 aromatic rings. The summed E-state index contributed by atoms with van der Waals surface area (Å²) in [7, 11) is 0. The van der Waals surface area contributed by atoms with E-state index in [4.69, 9.17) is 0 Å². The first-order chi connectivity index (χ1) is 11.9. The van der Waals surface area contributed by atoms with Gasteiger partial charge < -0.3 is 5.32 Å². The Labute approximate surface area is 145 Å². The molecule has 2 atom stereocenters. The highest BCUT2D eigenvalue weighted by Gasteiger charge is 2.48. The van der Waals surface area contributed by atoms with Gasteiger partial charge in [0.15, 0.2) is 5.13 Å². The number of alkyl halides is 3. The number of thiazole rings is 1. The molecule has 1 aromatic heterocycles. The van der Waals surface area contributed by atoms with Crippen LogP contribution in [0.1, 0.15) is 23.5 Å². The van der Waals surface area contributed by atoms with Crippen LogP contribution in [0.3, 0.4) is 0 Å². The van der Waals surface area contributed by atoms with E-state index in [0.29, 0.717) is 11.6 Å². The fraction of sp³-hybridized carbons (Fsp3) is 0.222. The molecule has 1 aliphatic carbocycles. The molecule has 7 heteroatoms. The van der Waals surface area contributed by atoms with Crippen molar-refractivity contribution >= 4 is 32.6 Å². The first-order valence-electron chi connectivity index (χ1n) is 7.76. The van der Waals surface area contributed by atoms with Crippen LogP contribution in [0.25, 0.3) is 10.2 Å². The van der Waals surface area contributed by atoms with Gasteiger partial charge in [-0.1, -0.05) is 41.7 Å². The standard InChI is InChI=1S/C18H13F3N2OS/c19-18(20,21)13-6-2-1-5-10(13)11-9-12(11)16(24)23-17-22-14-7-3-4-8-15(14)25-17/h1-8,11-12H,9H2,(H,22,23,24). The van der Waals surface area contributed by atoms with Crippen molar-refractivity contribution in [1.29, 1.82) is 0 Å². The Bertz CT molecular complexity index is 918. The Morgan fingerprint density at radius 2 is 1.84 bits per heavy atom. The Morgan fingerprint density at radius 1 is 1.12 bits per heavy atom. The molecule has 0 radical (unpaired) electrons. The van der Waals surface area contributed by atoms with Gasteiger partial charge in [0.25, 0.3) is 0 Å².